The van der Waals surface area contributed by atoms with Gasteiger partial charge in [0.05, 0.1) is 13.2 Å². The van der Waals surface area contributed by atoms with Crippen molar-refractivity contribution >= 4 is 5.97 Å². The number of fused-ring (bicyclic) bond motifs is 1. The molecule has 4 nitrogen and oxygen atoms in total. The number of aliphatic hydroxyl groups is 2. The molecule has 2 aliphatic rings. The van der Waals surface area contributed by atoms with Crippen LogP contribution in [0.5, 0.6) is 0 Å². The van der Waals surface area contributed by atoms with E-state index in [9.17, 15) is 4.79 Å². The maximum Gasteiger partial charge on any atom is 0.306 e. The highest BCUT2D eigenvalue weighted by molar-refractivity contribution is 5.69. The Morgan fingerprint density at radius 2 is 1.89 bits per heavy atom. The second-order valence-corrected chi connectivity index (χ2v) is 9.93. The number of esters is 1. The summed E-state index contributed by atoms with van der Waals surface area (Å²) in [6.07, 6.45) is 8.04. The van der Waals surface area contributed by atoms with Crippen LogP contribution in [0.2, 0.25) is 0 Å². The number of allylic oxidation sites excluding steroid dienone is 2. The van der Waals surface area contributed by atoms with E-state index >= 15 is 0 Å². The number of rotatable bonds is 8. The average Bonchev–Trinajstić information content (AvgIpc) is 2.58. The molecule has 0 amide bonds. The Bertz CT molecular complexity index is 547. The predicted molar refractivity (Wildman–Crippen MR) is 108 cm³/mol. The maximum atomic E-state index is 12.0. The molecule has 1 saturated carbocycles. The van der Waals surface area contributed by atoms with Gasteiger partial charge in [-0.05, 0) is 68.1 Å². The first-order chi connectivity index (χ1) is 12.6. The van der Waals surface area contributed by atoms with E-state index in [0.29, 0.717) is 17.3 Å². The third-order valence-electron chi connectivity index (χ3n) is 7.35. The average molecular weight is 381 g/mol. The topological polar surface area (TPSA) is 66.8 Å². The Kier molecular flexibility index (Phi) is 7.54. The summed E-state index contributed by atoms with van der Waals surface area (Å²) in [5.74, 6) is 0.664. The molecule has 2 aliphatic carbocycles. The van der Waals surface area contributed by atoms with Gasteiger partial charge in [0.2, 0.25) is 0 Å². The standard InChI is InChI=1S/C23H40O4/c1-16(13-21(26)27-18(14-24)15-25)7-9-19-17(2)8-10-20-22(3,4)11-6-12-23(19,20)5/h16,18,20,24-25H,6-15H2,1-5H3/t16-,20-,23+/m1/s1. The summed E-state index contributed by atoms with van der Waals surface area (Å²) >= 11 is 0. The largest absolute Gasteiger partial charge is 0.457 e. The lowest BCUT2D eigenvalue weighted by atomic mass is 9.50. The zero-order chi connectivity index (χ0) is 20.2. The van der Waals surface area contributed by atoms with Crippen molar-refractivity contribution in [3.05, 3.63) is 11.1 Å². The lowest BCUT2D eigenvalue weighted by Crippen LogP contribution is -2.45. The molecule has 1 fully saturated rings. The normalized spacial score (nSPS) is 28.8. The zero-order valence-electron chi connectivity index (χ0n) is 18.0. The van der Waals surface area contributed by atoms with Crippen LogP contribution in [0.25, 0.3) is 0 Å². The van der Waals surface area contributed by atoms with E-state index in [4.69, 9.17) is 14.9 Å². The van der Waals surface area contributed by atoms with E-state index in [-0.39, 0.29) is 25.1 Å². The second kappa shape index (κ2) is 9.09. The first kappa shape index (κ1) is 22.4. The van der Waals surface area contributed by atoms with Crippen LogP contribution >= 0.6 is 0 Å². The number of aliphatic hydroxyl groups excluding tert-OH is 2. The summed E-state index contributed by atoms with van der Waals surface area (Å²) in [6.45, 7) is 11.1. The number of hydrogen-bond acceptors (Lipinski definition) is 4. The highest BCUT2D eigenvalue weighted by atomic mass is 16.6. The fraction of sp³-hybridized carbons (Fsp3) is 0.870. The number of carbonyl (C=O) groups is 1. The minimum absolute atomic E-state index is 0.233. The number of carbonyl (C=O) groups excluding carboxylic acids is 1. The number of hydrogen-bond donors (Lipinski definition) is 2. The van der Waals surface area contributed by atoms with Crippen molar-refractivity contribution in [1.29, 1.82) is 0 Å². The van der Waals surface area contributed by atoms with Gasteiger partial charge >= 0.3 is 5.97 Å². The van der Waals surface area contributed by atoms with Crippen LogP contribution < -0.4 is 0 Å². The van der Waals surface area contributed by atoms with E-state index in [2.05, 4.69) is 34.6 Å². The number of ether oxygens (including phenoxy) is 1. The molecule has 0 aromatic heterocycles. The zero-order valence-corrected chi connectivity index (χ0v) is 18.0. The van der Waals surface area contributed by atoms with Crippen molar-refractivity contribution in [3.8, 4) is 0 Å². The molecule has 0 saturated heterocycles. The molecule has 0 unspecified atom stereocenters. The molecular weight excluding hydrogens is 340 g/mol. The third kappa shape index (κ3) is 5.14. The first-order valence-electron chi connectivity index (χ1n) is 10.7. The van der Waals surface area contributed by atoms with Crippen LogP contribution in [-0.4, -0.2) is 35.5 Å². The highest BCUT2D eigenvalue weighted by Crippen LogP contribution is 2.60. The van der Waals surface area contributed by atoms with Crippen LogP contribution in [0, 0.1) is 22.7 Å². The van der Waals surface area contributed by atoms with Gasteiger partial charge in [-0.2, -0.15) is 0 Å². The molecule has 0 spiro atoms. The van der Waals surface area contributed by atoms with Gasteiger partial charge in [-0.3, -0.25) is 4.79 Å². The van der Waals surface area contributed by atoms with Crippen LogP contribution in [0.15, 0.2) is 11.1 Å². The van der Waals surface area contributed by atoms with Gasteiger partial charge < -0.3 is 14.9 Å². The predicted octanol–water partition coefficient (Wildman–Crippen LogP) is 4.63. The van der Waals surface area contributed by atoms with Crippen molar-refractivity contribution in [2.24, 2.45) is 22.7 Å². The lowest BCUT2D eigenvalue weighted by Gasteiger charge is -2.55. The summed E-state index contributed by atoms with van der Waals surface area (Å²) in [5, 5.41) is 18.1. The van der Waals surface area contributed by atoms with Crippen molar-refractivity contribution < 1.29 is 19.7 Å². The lowest BCUT2D eigenvalue weighted by molar-refractivity contribution is -0.154. The van der Waals surface area contributed by atoms with Crippen molar-refractivity contribution in [2.75, 3.05) is 13.2 Å². The Labute approximate surface area is 165 Å². The summed E-state index contributed by atoms with van der Waals surface area (Å²) in [5.41, 5.74) is 3.94. The van der Waals surface area contributed by atoms with Crippen LogP contribution in [0.3, 0.4) is 0 Å². The summed E-state index contributed by atoms with van der Waals surface area (Å²) in [7, 11) is 0. The van der Waals surface area contributed by atoms with Crippen LogP contribution in [0.4, 0.5) is 0 Å². The van der Waals surface area contributed by atoms with E-state index in [1.54, 1.807) is 11.1 Å². The summed E-state index contributed by atoms with van der Waals surface area (Å²) in [6, 6.07) is 0. The SMILES string of the molecule is CC1=C(CC[C@@H](C)CC(=O)OC(CO)CO)[C@]2(C)CCCC(C)(C)[C@H]2CC1. The molecule has 156 valence electrons. The van der Waals surface area contributed by atoms with E-state index < -0.39 is 6.10 Å². The molecule has 4 heteroatoms. The van der Waals surface area contributed by atoms with Crippen molar-refractivity contribution in [1.82, 2.24) is 0 Å². The van der Waals surface area contributed by atoms with Crippen LogP contribution in [0.1, 0.15) is 86.0 Å². The molecule has 0 radical (unpaired) electrons. The Hall–Kier alpha value is -0.870. The smallest absolute Gasteiger partial charge is 0.306 e. The van der Waals surface area contributed by atoms with Gasteiger partial charge in [0.25, 0.3) is 0 Å². The minimum Gasteiger partial charge on any atom is -0.457 e. The molecule has 3 atom stereocenters. The van der Waals surface area contributed by atoms with Gasteiger partial charge in [0.15, 0.2) is 0 Å². The molecule has 0 aromatic carbocycles. The van der Waals surface area contributed by atoms with Crippen molar-refractivity contribution in [2.45, 2.75) is 92.1 Å². The fourth-order valence-corrected chi connectivity index (χ4v) is 5.83. The van der Waals surface area contributed by atoms with Gasteiger partial charge in [-0.1, -0.05) is 45.3 Å². The summed E-state index contributed by atoms with van der Waals surface area (Å²) < 4.78 is 5.11. The van der Waals surface area contributed by atoms with Gasteiger partial charge in [-0.15, -0.1) is 0 Å². The first-order valence-corrected chi connectivity index (χ1v) is 10.7. The van der Waals surface area contributed by atoms with Crippen molar-refractivity contribution in [3.63, 3.8) is 0 Å². The molecule has 0 aliphatic heterocycles. The molecule has 2 rings (SSSR count). The van der Waals surface area contributed by atoms with E-state index in [1.807, 2.05) is 0 Å². The van der Waals surface area contributed by atoms with Gasteiger partial charge in [0.1, 0.15) is 6.10 Å². The highest BCUT2D eigenvalue weighted by Gasteiger charge is 2.49. The van der Waals surface area contributed by atoms with Gasteiger partial charge in [0, 0.05) is 6.42 Å². The molecular formula is C23H40O4. The Morgan fingerprint density at radius 3 is 2.52 bits per heavy atom. The van der Waals surface area contributed by atoms with E-state index in [1.165, 1.54) is 32.1 Å². The van der Waals surface area contributed by atoms with Gasteiger partial charge in [-0.25, -0.2) is 0 Å². The molecule has 0 heterocycles. The monoisotopic (exact) mass is 380 g/mol. The Morgan fingerprint density at radius 1 is 1.22 bits per heavy atom. The fourth-order valence-electron chi connectivity index (χ4n) is 5.83. The molecule has 2 N–H and O–H groups in total. The molecule has 27 heavy (non-hydrogen) atoms. The van der Waals surface area contributed by atoms with Crippen LogP contribution in [-0.2, 0) is 9.53 Å². The maximum absolute atomic E-state index is 12.0. The molecule has 0 bridgehead atoms. The quantitative estimate of drug-likeness (QED) is 0.476. The summed E-state index contributed by atoms with van der Waals surface area (Å²) in [4.78, 5) is 12.0. The third-order valence-corrected chi connectivity index (χ3v) is 7.35. The minimum atomic E-state index is -0.794. The van der Waals surface area contributed by atoms with E-state index in [0.717, 1.165) is 18.8 Å². The second-order valence-electron chi connectivity index (χ2n) is 9.93. The molecule has 0 aromatic rings. The Balaban J connectivity index is 1.98.